The molecular formula is C21H20ClN3O2. The molecule has 0 fully saturated rings. The van der Waals surface area contributed by atoms with Crippen molar-refractivity contribution >= 4 is 17.5 Å². The molecule has 4 rings (SSSR count). The molecule has 0 aliphatic carbocycles. The van der Waals surface area contributed by atoms with Crippen molar-refractivity contribution in [1.29, 1.82) is 0 Å². The number of ether oxygens (including phenoxy) is 1. The molecule has 2 aromatic carbocycles. The van der Waals surface area contributed by atoms with Crippen molar-refractivity contribution in [3.8, 4) is 17.0 Å². The third-order valence-electron chi connectivity index (χ3n) is 4.66. The third-order valence-corrected chi connectivity index (χ3v) is 4.90. The Bertz CT molecular complexity index is 983. The Morgan fingerprint density at radius 2 is 2.15 bits per heavy atom. The first-order chi connectivity index (χ1) is 13.2. The SMILES string of the molecule is CCCN1Cc2cc(OCc3c[nH]nc3-c3cccc(Cl)c3)ccc2C1=O. The topological polar surface area (TPSA) is 58.2 Å². The zero-order chi connectivity index (χ0) is 18.8. The van der Waals surface area contributed by atoms with Crippen LogP contribution in [0.3, 0.4) is 0 Å². The molecule has 3 aromatic rings. The first kappa shape index (κ1) is 17.6. The summed E-state index contributed by atoms with van der Waals surface area (Å²) < 4.78 is 5.98. The van der Waals surface area contributed by atoms with Gasteiger partial charge in [-0.2, -0.15) is 5.10 Å². The number of halogens is 1. The molecule has 0 bridgehead atoms. The number of hydrogen-bond acceptors (Lipinski definition) is 3. The van der Waals surface area contributed by atoms with Gasteiger partial charge in [0.1, 0.15) is 12.4 Å². The Balaban J connectivity index is 1.49. The zero-order valence-electron chi connectivity index (χ0n) is 15.0. The number of carbonyl (C=O) groups excluding carboxylic acids is 1. The molecular weight excluding hydrogens is 362 g/mol. The average Bonchev–Trinajstić information content (AvgIpc) is 3.25. The molecule has 1 amide bonds. The highest BCUT2D eigenvalue weighted by molar-refractivity contribution is 6.30. The third kappa shape index (κ3) is 3.55. The highest BCUT2D eigenvalue weighted by Crippen LogP contribution is 2.29. The van der Waals surface area contributed by atoms with E-state index in [0.717, 1.165) is 46.7 Å². The van der Waals surface area contributed by atoms with Gasteiger partial charge < -0.3 is 9.64 Å². The lowest BCUT2D eigenvalue weighted by atomic mass is 10.1. The van der Waals surface area contributed by atoms with Crippen LogP contribution in [0.2, 0.25) is 5.02 Å². The summed E-state index contributed by atoms with van der Waals surface area (Å²) in [4.78, 5) is 14.2. The molecule has 138 valence electrons. The number of fused-ring (bicyclic) bond motifs is 1. The molecule has 6 heteroatoms. The van der Waals surface area contributed by atoms with Gasteiger partial charge in [-0.05, 0) is 42.3 Å². The van der Waals surface area contributed by atoms with E-state index in [1.165, 1.54) is 0 Å². The Morgan fingerprint density at radius 1 is 1.26 bits per heavy atom. The molecule has 2 heterocycles. The van der Waals surface area contributed by atoms with E-state index >= 15 is 0 Å². The molecule has 0 spiro atoms. The van der Waals surface area contributed by atoms with Crippen LogP contribution >= 0.6 is 11.6 Å². The molecule has 0 unspecified atom stereocenters. The summed E-state index contributed by atoms with van der Waals surface area (Å²) in [6.45, 7) is 3.89. The first-order valence-corrected chi connectivity index (χ1v) is 9.37. The van der Waals surface area contributed by atoms with Crippen LogP contribution in [0.25, 0.3) is 11.3 Å². The average molecular weight is 382 g/mol. The van der Waals surface area contributed by atoms with E-state index in [2.05, 4.69) is 17.1 Å². The summed E-state index contributed by atoms with van der Waals surface area (Å²) in [7, 11) is 0. The highest BCUT2D eigenvalue weighted by atomic mass is 35.5. The number of H-pyrrole nitrogens is 1. The van der Waals surface area contributed by atoms with Gasteiger partial charge in [-0.15, -0.1) is 0 Å². The van der Waals surface area contributed by atoms with Crippen LogP contribution in [0.4, 0.5) is 0 Å². The van der Waals surface area contributed by atoms with Crippen LogP contribution < -0.4 is 4.74 Å². The fourth-order valence-electron chi connectivity index (χ4n) is 3.37. The van der Waals surface area contributed by atoms with E-state index in [4.69, 9.17) is 16.3 Å². The van der Waals surface area contributed by atoms with Gasteiger partial charge in [-0.3, -0.25) is 9.89 Å². The minimum absolute atomic E-state index is 0.108. The fraction of sp³-hybridized carbons (Fsp3) is 0.238. The monoisotopic (exact) mass is 381 g/mol. The number of hydrogen-bond donors (Lipinski definition) is 1. The van der Waals surface area contributed by atoms with Crippen molar-refractivity contribution in [3.05, 3.63) is 70.4 Å². The van der Waals surface area contributed by atoms with Gasteiger partial charge in [0.05, 0.1) is 5.69 Å². The smallest absolute Gasteiger partial charge is 0.254 e. The summed E-state index contributed by atoms with van der Waals surface area (Å²) in [6.07, 6.45) is 2.78. The molecule has 1 N–H and O–H groups in total. The lowest BCUT2D eigenvalue weighted by Gasteiger charge is -2.13. The summed E-state index contributed by atoms with van der Waals surface area (Å²) in [5.41, 5.74) is 4.51. The van der Waals surface area contributed by atoms with Gasteiger partial charge >= 0.3 is 0 Å². The predicted molar refractivity (Wildman–Crippen MR) is 105 cm³/mol. The van der Waals surface area contributed by atoms with Crippen molar-refractivity contribution in [2.75, 3.05) is 6.54 Å². The molecule has 1 aliphatic heterocycles. The van der Waals surface area contributed by atoms with Crippen LogP contribution in [-0.4, -0.2) is 27.5 Å². The van der Waals surface area contributed by atoms with Gasteiger partial charge in [-0.25, -0.2) is 0 Å². The number of nitrogens with zero attached hydrogens (tertiary/aromatic N) is 2. The van der Waals surface area contributed by atoms with Crippen molar-refractivity contribution in [2.24, 2.45) is 0 Å². The van der Waals surface area contributed by atoms with Crippen molar-refractivity contribution in [2.45, 2.75) is 26.5 Å². The van der Waals surface area contributed by atoms with E-state index in [1.807, 2.05) is 53.6 Å². The van der Waals surface area contributed by atoms with Crippen LogP contribution in [0.15, 0.2) is 48.7 Å². The Labute approximate surface area is 162 Å². The molecule has 0 atom stereocenters. The van der Waals surface area contributed by atoms with Crippen LogP contribution in [0.1, 0.15) is 34.8 Å². The standard InChI is InChI=1S/C21H20ClN3O2/c1-2-8-25-12-15-10-18(6-7-19(15)21(25)26)27-13-16-11-23-24-20(16)14-4-3-5-17(22)9-14/h3-7,9-11H,2,8,12-13H2,1H3,(H,23,24). The lowest BCUT2D eigenvalue weighted by Crippen LogP contribution is -2.24. The normalized spacial score (nSPS) is 13.1. The number of aromatic nitrogens is 2. The van der Waals surface area contributed by atoms with E-state index in [9.17, 15) is 4.79 Å². The molecule has 1 aliphatic rings. The molecule has 0 radical (unpaired) electrons. The zero-order valence-corrected chi connectivity index (χ0v) is 15.8. The quantitative estimate of drug-likeness (QED) is 0.674. The van der Waals surface area contributed by atoms with Gasteiger partial charge in [0.2, 0.25) is 0 Å². The molecule has 0 saturated carbocycles. The first-order valence-electron chi connectivity index (χ1n) is 8.99. The molecule has 5 nitrogen and oxygen atoms in total. The minimum Gasteiger partial charge on any atom is -0.489 e. The number of amides is 1. The van der Waals surface area contributed by atoms with Crippen molar-refractivity contribution in [1.82, 2.24) is 15.1 Å². The van der Waals surface area contributed by atoms with E-state index in [0.29, 0.717) is 18.2 Å². The maximum atomic E-state index is 12.3. The summed E-state index contributed by atoms with van der Waals surface area (Å²) in [6, 6.07) is 13.3. The number of nitrogens with one attached hydrogen (secondary N) is 1. The number of carbonyl (C=O) groups is 1. The van der Waals surface area contributed by atoms with Crippen LogP contribution in [0, 0.1) is 0 Å². The Morgan fingerprint density at radius 3 is 2.96 bits per heavy atom. The van der Waals surface area contributed by atoms with Gasteiger partial charge in [0.25, 0.3) is 5.91 Å². The van der Waals surface area contributed by atoms with Crippen molar-refractivity contribution < 1.29 is 9.53 Å². The predicted octanol–water partition coefficient (Wildman–Crippen LogP) is 4.67. The highest BCUT2D eigenvalue weighted by Gasteiger charge is 2.26. The fourth-order valence-corrected chi connectivity index (χ4v) is 3.56. The minimum atomic E-state index is 0.108. The Hall–Kier alpha value is -2.79. The maximum Gasteiger partial charge on any atom is 0.254 e. The van der Waals surface area contributed by atoms with Crippen LogP contribution in [-0.2, 0) is 13.2 Å². The molecule has 0 saturated heterocycles. The van der Waals surface area contributed by atoms with E-state index in [1.54, 1.807) is 0 Å². The summed E-state index contributed by atoms with van der Waals surface area (Å²) in [5, 5.41) is 7.89. The maximum absolute atomic E-state index is 12.3. The second kappa shape index (κ2) is 7.45. The van der Waals surface area contributed by atoms with Gasteiger partial charge in [0.15, 0.2) is 0 Å². The number of benzene rings is 2. The largest absolute Gasteiger partial charge is 0.489 e. The van der Waals surface area contributed by atoms with Gasteiger partial charge in [0, 0.05) is 41.0 Å². The summed E-state index contributed by atoms with van der Waals surface area (Å²) >= 11 is 6.09. The second-order valence-corrected chi connectivity index (χ2v) is 7.04. The van der Waals surface area contributed by atoms with Crippen LogP contribution in [0.5, 0.6) is 5.75 Å². The second-order valence-electron chi connectivity index (χ2n) is 6.60. The Kier molecular flexibility index (Phi) is 4.86. The van der Waals surface area contributed by atoms with E-state index in [-0.39, 0.29) is 5.91 Å². The molecule has 27 heavy (non-hydrogen) atoms. The van der Waals surface area contributed by atoms with E-state index < -0.39 is 0 Å². The lowest BCUT2D eigenvalue weighted by molar-refractivity contribution is 0.0778. The number of rotatable bonds is 6. The van der Waals surface area contributed by atoms with Gasteiger partial charge in [-0.1, -0.05) is 30.7 Å². The summed E-state index contributed by atoms with van der Waals surface area (Å²) in [5.74, 6) is 0.856. The number of aromatic amines is 1. The van der Waals surface area contributed by atoms with Crippen molar-refractivity contribution in [3.63, 3.8) is 0 Å². The molecule has 1 aromatic heterocycles.